The second kappa shape index (κ2) is 7.87. The molecule has 2 rings (SSSR count). The number of hydrogen-bond acceptors (Lipinski definition) is 4. The molecule has 0 bridgehead atoms. The standard InChI is InChI=1S/C15H22N2O3/c1-2-20-17-10-8-14(9-11-17)16-15(18)19-12-13-6-4-3-5-7-13/h3-7,14H,2,8-12H2,1H3,(H,16,18). The number of hydrogen-bond donors (Lipinski definition) is 1. The van der Waals surface area contributed by atoms with Gasteiger partial charge in [-0.25, -0.2) is 4.79 Å². The SMILES string of the molecule is CCON1CCC(NC(=O)OCc2ccccc2)CC1. The lowest BCUT2D eigenvalue weighted by molar-refractivity contribution is -0.166. The van der Waals surface area contributed by atoms with Gasteiger partial charge in [0, 0.05) is 19.1 Å². The molecule has 1 saturated heterocycles. The lowest BCUT2D eigenvalue weighted by Gasteiger charge is -2.30. The fraction of sp³-hybridized carbons (Fsp3) is 0.533. The maximum atomic E-state index is 11.7. The summed E-state index contributed by atoms with van der Waals surface area (Å²) in [6.07, 6.45) is 1.43. The first-order valence-electron chi connectivity index (χ1n) is 7.13. The molecule has 0 spiro atoms. The average molecular weight is 278 g/mol. The van der Waals surface area contributed by atoms with Gasteiger partial charge in [0.15, 0.2) is 0 Å². The van der Waals surface area contributed by atoms with E-state index in [9.17, 15) is 4.79 Å². The number of benzene rings is 1. The van der Waals surface area contributed by atoms with E-state index in [4.69, 9.17) is 9.57 Å². The highest BCUT2D eigenvalue weighted by molar-refractivity contribution is 5.67. The van der Waals surface area contributed by atoms with E-state index >= 15 is 0 Å². The van der Waals surface area contributed by atoms with Crippen molar-refractivity contribution in [3.63, 3.8) is 0 Å². The minimum Gasteiger partial charge on any atom is -0.445 e. The Kier molecular flexibility index (Phi) is 5.83. The van der Waals surface area contributed by atoms with Crippen molar-refractivity contribution >= 4 is 6.09 Å². The fourth-order valence-corrected chi connectivity index (χ4v) is 2.24. The zero-order valence-corrected chi connectivity index (χ0v) is 11.9. The molecule has 1 aromatic rings. The summed E-state index contributed by atoms with van der Waals surface area (Å²) in [5.74, 6) is 0. The molecule has 0 saturated carbocycles. The summed E-state index contributed by atoms with van der Waals surface area (Å²) in [7, 11) is 0. The van der Waals surface area contributed by atoms with Crippen LogP contribution in [-0.4, -0.2) is 36.9 Å². The number of alkyl carbamates (subject to hydrolysis) is 1. The maximum Gasteiger partial charge on any atom is 0.407 e. The Bertz CT molecular complexity index is 403. The highest BCUT2D eigenvalue weighted by atomic mass is 16.7. The van der Waals surface area contributed by atoms with E-state index in [0.29, 0.717) is 13.2 Å². The van der Waals surface area contributed by atoms with Crippen LogP contribution in [0.3, 0.4) is 0 Å². The molecule has 1 amide bonds. The average Bonchev–Trinajstić information content (AvgIpc) is 2.49. The minimum atomic E-state index is -0.344. The first kappa shape index (κ1) is 14.8. The van der Waals surface area contributed by atoms with Gasteiger partial charge in [0.25, 0.3) is 0 Å². The molecule has 0 atom stereocenters. The molecule has 1 heterocycles. The third-order valence-corrected chi connectivity index (χ3v) is 3.30. The molecule has 1 aliphatic rings. The lowest BCUT2D eigenvalue weighted by atomic mass is 10.1. The number of amides is 1. The van der Waals surface area contributed by atoms with Crippen LogP contribution >= 0.6 is 0 Å². The number of nitrogens with zero attached hydrogens (tertiary/aromatic N) is 1. The van der Waals surface area contributed by atoms with Crippen molar-refractivity contribution in [3.8, 4) is 0 Å². The molecule has 1 fully saturated rings. The van der Waals surface area contributed by atoms with Crippen LogP contribution in [0.5, 0.6) is 0 Å². The van der Waals surface area contributed by atoms with Crippen molar-refractivity contribution in [3.05, 3.63) is 35.9 Å². The first-order valence-corrected chi connectivity index (χ1v) is 7.13. The molecule has 0 aliphatic carbocycles. The van der Waals surface area contributed by atoms with Crippen LogP contribution in [0.15, 0.2) is 30.3 Å². The van der Waals surface area contributed by atoms with Gasteiger partial charge in [-0.05, 0) is 25.3 Å². The van der Waals surface area contributed by atoms with Gasteiger partial charge < -0.3 is 10.1 Å². The van der Waals surface area contributed by atoms with Crippen LogP contribution in [0, 0.1) is 0 Å². The Hall–Kier alpha value is -1.59. The van der Waals surface area contributed by atoms with Gasteiger partial charge in [-0.2, -0.15) is 5.06 Å². The molecule has 0 aromatic heterocycles. The molecular formula is C15H22N2O3. The molecule has 1 aliphatic heterocycles. The van der Waals surface area contributed by atoms with E-state index in [1.54, 1.807) is 0 Å². The number of hydroxylamine groups is 2. The van der Waals surface area contributed by atoms with E-state index in [1.165, 1.54) is 0 Å². The van der Waals surface area contributed by atoms with Crippen LogP contribution in [-0.2, 0) is 16.2 Å². The molecule has 1 aromatic carbocycles. The predicted molar refractivity (Wildman–Crippen MR) is 76.0 cm³/mol. The summed E-state index contributed by atoms with van der Waals surface area (Å²) in [5, 5.41) is 4.86. The number of carbonyl (C=O) groups is 1. The molecule has 0 unspecified atom stereocenters. The van der Waals surface area contributed by atoms with Crippen molar-refractivity contribution in [2.75, 3.05) is 19.7 Å². The number of carbonyl (C=O) groups excluding carboxylic acids is 1. The zero-order valence-electron chi connectivity index (χ0n) is 11.9. The van der Waals surface area contributed by atoms with Gasteiger partial charge in [-0.15, -0.1) is 0 Å². The largest absolute Gasteiger partial charge is 0.445 e. The maximum absolute atomic E-state index is 11.7. The van der Waals surface area contributed by atoms with Crippen LogP contribution in [0.2, 0.25) is 0 Å². The first-order chi connectivity index (χ1) is 9.78. The Morgan fingerprint density at radius 2 is 2.00 bits per heavy atom. The summed E-state index contributed by atoms with van der Waals surface area (Å²) in [6, 6.07) is 9.85. The molecule has 5 heteroatoms. The van der Waals surface area contributed by atoms with Crippen molar-refractivity contribution in [1.82, 2.24) is 10.4 Å². The summed E-state index contributed by atoms with van der Waals surface area (Å²) in [5.41, 5.74) is 0.994. The van der Waals surface area contributed by atoms with Crippen molar-refractivity contribution < 1.29 is 14.4 Å². The van der Waals surface area contributed by atoms with Gasteiger partial charge in [0.2, 0.25) is 0 Å². The van der Waals surface area contributed by atoms with E-state index < -0.39 is 0 Å². The number of rotatable bonds is 5. The van der Waals surface area contributed by atoms with Gasteiger partial charge in [0.1, 0.15) is 6.61 Å². The summed E-state index contributed by atoms with van der Waals surface area (Å²) in [6.45, 7) is 4.67. The van der Waals surface area contributed by atoms with Gasteiger partial charge in [0.05, 0.1) is 6.61 Å². The summed E-state index contributed by atoms with van der Waals surface area (Å²) < 4.78 is 5.21. The summed E-state index contributed by atoms with van der Waals surface area (Å²) >= 11 is 0. The van der Waals surface area contributed by atoms with Crippen LogP contribution in [0.1, 0.15) is 25.3 Å². The second-order valence-electron chi connectivity index (χ2n) is 4.83. The van der Waals surface area contributed by atoms with Gasteiger partial charge in [-0.3, -0.25) is 4.84 Å². The topological polar surface area (TPSA) is 50.8 Å². The van der Waals surface area contributed by atoms with Crippen LogP contribution in [0.25, 0.3) is 0 Å². The lowest BCUT2D eigenvalue weighted by Crippen LogP contribution is -2.44. The highest BCUT2D eigenvalue weighted by Gasteiger charge is 2.21. The molecule has 0 radical (unpaired) electrons. The highest BCUT2D eigenvalue weighted by Crippen LogP contribution is 2.11. The number of nitrogens with one attached hydrogen (secondary N) is 1. The van der Waals surface area contributed by atoms with E-state index in [0.717, 1.165) is 31.5 Å². The van der Waals surface area contributed by atoms with Crippen molar-refractivity contribution in [2.24, 2.45) is 0 Å². The minimum absolute atomic E-state index is 0.176. The van der Waals surface area contributed by atoms with Gasteiger partial charge >= 0.3 is 6.09 Å². The van der Waals surface area contributed by atoms with E-state index in [2.05, 4.69) is 5.32 Å². The third kappa shape index (κ3) is 4.83. The van der Waals surface area contributed by atoms with E-state index in [1.807, 2.05) is 42.3 Å². The Balaban J connectivity index is 1.65. The molecular weight excluding hydrogens is 256 g/mol. The smallest absolute Gasteiger partial charge is 0.407 e. The molecule has 5 nitrogen and oxygen atoms in total. The Morgan fingerprint density at radius 1 is 1.30 bits per heavy atom. The number of ether oxygens (including phenoxy) is 1. The van der Waals surface area contributed by atoms with Crippen LogP contribution in [0.4, 0.5) is 4.79 Å². The Labute approximate surface area is 119 Å². The van der Waals surface area contributed by atoms with Crippen molar-refractivity contribution in [1.29, 1.82) is 0 Å². The third-order valence-electron chi connectivity index (χ3n) is 3.30. The second-order valence-corrected chi connectivity index (χ2v) is 4.83. The summed E-state index contributed by atoms with van der Waals surface area (Å²) in [4.78, 5) is 17.1. The monoisotopic (exact) mass is 278 g/mol. The molecule has 1 N–H and O–H groups in total. The quantitative estimate of drug-likeness (QED) is 0.898. The normalized spacial score (nSPS) is 16.9. The fourth-order valence-electron chi connectivity index (χ4n) is 2.24. The molecule has 20 heavy (non-hydrogen) atoms. The zero-order chi connectivity index (χ0) is 14.2. The Morgan fingerprint density at radius 3 is 2.65 bits per heavy atom. The molecule has 110 valence electrons. The van der Waals surface area contributed by atoms with Gasteiger partial charge in [-0.1, -0.05) is 30.3 Å². The van der Waals surface area contributed by atoms with Crippen LogP contribution < -0.4 is 5.32 Å². The van der Waals surface area contributed by atoms with E-state index in [-0.39, 0.29) is 12.1 Å². The number of piperidine rings is 1. The predicted octanol–water partition coefficient (Wildman–Crippen LogP) is 2.33. The van der Waals surface area contributed by atoms with Crippen molar-refractivity contribution in [2.45, 2.75) is 32.4 Å².